The van der Waals surface area contributed by atoms with E-state index in [0.29, 0.717) is 25.9 Å². The topological polar surface area (TPSA) is 66.8 Å². The highest BCUT2D eigenvalue weighted by Crippen LogP contribution is 2.59. The number of carbonyl (C=O) groups excluding carboxylic acids is 1. The molecule has 23 heavy (non-hydrogen) atoms. The van der Waals surface area contributed by atoms with Crippen LogP contribution in [0.5, 0.6) is 5.75 Å². The van der Waals surface area contributed by atoms with E-state index in [1.54, 1.807) is 7.11 Å². The van der Waals surface area contributed by atoms with Crippen molar-refractivity contribution >= 4 is 11.9 Å². The number of nitrogens with zero attached hydrogens (tertiary/aromatic N) is 1. The monoisotopic (exact) mass is 317 g/mol. The van der Waals surface area contributed by atoms with Gasteiger partial charge < -0.3 is 14.7 Å². The second kappa shape index (κ2) is 6.22. The van der Waals surface area contributed by atoms with Gasteiger partial charge in [-0.1, -0.05) is 18.2 Å². The summed E-state index contributed by atoms with van der Waals surface area (Å²) in [7, 11) is 1.64. The minimum Gasteiger partial charge on any atom is -0.496 e. The molecule has 1 unspecified atom stereocenters. The number of ether oxygens (including phenoxy) is 1. The molecule has 1 N–H and O–H groups in total. The zero-order chi connectivity index (χ0) is 16.4. The van der Waals surface area contributed by atoms with Crippen LogP contribution in [0.4, 0.5) is 0 Å². The number of benzene rings is 1. The molecule has 0 aromatic heterocycles. The summed E-state index contributed by atoms with van der Waals surface area (Å²) in [6.07, 6.45) is 3.57. The Labute approximate surface area is 136 Å². The van der Waals surface area contributed by atoms with Gasteiger partial charge in [0.25, 0.3) is 0 Å². The average Bonchev–Trinajstić information content (AvgIpc) is 3.27. The molecule has 2 aliphatic rings. The van der Waals surface area contributed by atoms with E-state index in [1.165, 1.54) is 0 Å². The van der Waals surface area contributed by atoms with Gasteiger partial charge in [-0.15, -0.1) is 0 Å². The SMILES string of the molecule is COc1ccccc1CCC(=O)N1CCC2(CC1)CC2C(=O)O. The third kappa shape index (κ3) is 3.19. The van der Waals surface area contributed by atoms with Gasteiger partial charge in [0.2, 0.25) is 5.91 Å². The Morgan fingerprint density at radius 1 is 1.30 bits per heavy atom. The van der Waals surface area contributed by atoms with Gasteiger partial charge in [0.05, 0.1) is 13.0 Å². The normalized spacial score (nSPS) is 22.0. The van der Waals surface area contributed by atoms with Gasteiger partial charge in [-0.3, -0.25) is 9.59 Å². The van der Waals surface area contributed by atoms with Crippen molar-refractivity contribution < 1.29 is 19.4 Å². The maximum Gasteiger partial charge on any atom is 0.307 e. The summed E-state index contributed by atoms with van der Waals surface area (Å²) in [6, 6.07) is 7.76. The van der Waals surface area contributed by atoms with Crippen molar-refractivity contribution in [1.29, 1.82) is 0 Å². The fourth-order valence-electron chi connectivity index (χ4n) is 3.76. The number of piperidine rings is 1. The van der Waals surface area contributed by atoms with E-state index >= 15 is 0 Å². The summed E-state index contributed by atoms with van der Waals surface area (Å²) in [5, 5.41) is 9.11. The van der Waals surface area contributed by atoms with Gasteiger partial charge in [0.1, 0.15) is 5.75 Å². The zero-order valence-electron chi connectivity index (χ0n) is 13.5. The van der Waals surface area contributed by atoms with Crippen molar-refractivity contribution in [2.75, 3.05) is 20.2 Å². The Kier molecular flexibility index (Phi) is 4.28. The molecule has 1 amide bonds. The molecule has 1 aliphatic heterocycles. The Bertz CT molecular complexity index is 605. The van der Waals surface area contributed by atoms with Gasteiger partial charge in [-0.25, -0.2) is 0 Å². The number of likely N-dealkylation sites (tertiary alicyclic amines) is 1. The Morgan fingerprint density at radius 2 is 2.00 bits per heavy atom. The molecule has 1 atom stereocenters. The van der Waals surface area contributed by atoms with Gasteiger partial charge in [-0.05, 0) is 42.7 Å². The molecule has 5 heteroatoms. The molecule has 1 aliphatic carbocycles. The predicted octanol–water partition coefficient (Wildman–Crippen LogP) is 2.34. The molecular formula is C18H23NO4. The number of hydrogen-bond acceptors (Lipinski definition) is 3. The van der Waals surface area contributed by atoms with Crippen molar-refractivity contribution in [1.82, 2.24) is 4.90 Å². The molecule has 1 saturated carbocycles. The second-order valence-corrected chi connectivity index (χ2v) is 6.65. The summed E-state index contributed by atoms with van der Waals surface area (Å²) < 4.78 is 5.31. The molecule has 2 fully saturated rings. The van der Waals surface area contributed by atoms with Gasteiger partial charge in [0.15, 0.2) is 0 Å². The maximum absolute atomic E-state index is 12.4. The molecule has 124 valence electrons. The van der Waals surface area contributed by atoms with Gasteiger partial charge >= 0.3 is 5.97 Å². The van der Waals surface area contributed by atoms with E-state index in [1.807, 2.05) is 29.2 Å². The molecule has 1 aromatic rings. The lowest BCUT2D eigenvalue weighted by molar-refractivity contribution is -0.139. The first kappa shape index (κ1) is 15.8. The van der Waals surface area contributed by atoms with Crippen molar-refractivity contribution in [3.63, 3.8) is 0 Å². The van der Waals surface area contributed by atoms with E-state index in [0.717, 1.165) is 30.6 Å². The Balaban J connectivity index is 1.50. The third-order valence-corrected chi connectivity index (χ3v) is 5.40. The van der Waals surface area contributed by atoms with Crippen LogP contribution in [0.25, 0.3) is 0 Å². The standard InChI is InChI=1S/C18H23NO4/c1-23-15-5-3-2-4-13(15)6-7-16(20)19-10-8-18(9-11-19)12-14(18)17(21)22/h2-5,14H,6-12H2,1H3,(H,21,22). The zero-order valence-corrected chi connectivity index (χ0v) is 13.5. The smallest absolute Gasteiger partial charge is 0.307 e. The van der Waals surface area contributed by atoms with E-state index in [9.17, 15) is 9.59 Å². The first-order chi connectivity index (χ1) is 11.1. The predicted molar refractivity (Wildman–Crippen MR) is 85.3 cm³/mol. The van der Waals surface area contributed by atoms with Crippen LogP contribution < -0.4 is 4.74 Å². The van der Waals surface area contributed by atoms with E-state index in [2.05, 4.69) is 0 Å². The number of methoxy groups -OCH3 is 1. The molecule has 1 saturated heterocycles. The fraction of sp³-hybridized carbons (Fsp3) is 0.556. The van der Waals surface area contributed by atoms with Crippen LogP contribution in [-0.4, -0.2) is 42.1 Å². The number of hydrogen-bond donors (Lipinski definition) is 1. The third-order valence-electron chi connectivity index (χ3n) is 5.40. The summed E-state index contributed by atoms with van der Waals surface area (Å²) in [6.45, 7) is 1.38. The van der Waals surface area contributed by atoms with Crippen LogP contribution in [0.3, 0.4) is 0 Å². The summed E-state index contributed by atoms with van der Waals surface area (Å²) in [4.78, 5) is 25.4. The van der Waals surface area contributed by atoms with E-state index in [4.69, 9.17) is 9.84 Å². The number of amides is 1. The van der Waals surface area contributed by atoms with Crippen molar-refractivity contribution in [2.24, 2.45) is 11.3 Å². The lowest BCUT2D eigenvalue weighted by atomic mass is 9.90. The number of carbonyl (C=O) groups is 2. The number of carboxylic acid groups (broad SMARTS) is 1. The second-order valence-electron chi connectivity index (χ2n) is 6.65. The van der Waals surface area contributed by atoms with Gasteiger partial charge in [0, 0.05) is 19.5 Å². The lowest BCUT2D eigenvalue weighted by Gasteiger charge is -2.32. The highest BCUT2D eigenvalue weighted by molar-refractivity contribution is 5.77. The van der Waals surface area contributed by atoms with Crippen LogP contribution in [0, 0.1) is 11.3 Å². The Hall–Kier alpha value is -2.04. The van der Waals surface area contributed by atoms with Crippen molar-refractivity contribution in [3.8, 4) is 5.75 Å². The molecule has 0 bridgehead atoms. The van der Waals surface area contributed by atoms with Crippen LogP contribution in [-0.2, 0) is 16.0 Å². The molecule has 3 rings (SSSR count). The molecule has 0 radical (unpaired) electrons. The maximum atomic E-state index is 12.4. The highest BCUT2D eigenvalue weighted by atomic mass is 16.5. The number of rotatable bonds is 5. The molecule has 1 aromatic carbocycles. The average molecular weight is 317 g/mol. The summed E-state index contributed by atoms with van der Waals surface area (Å²) >= 11 is 0. The number of aryl methyl sites for hydroxylation is 1. The minimum atomic E-state index is -0.680. The fourth-order valence-corrected chi connectivity index (χ4v) is 3.76. The lowest BCUT2D eigenvalue weighted by Crippen LogP contribution is -2.40. The molecule has 1 heterocycles. The van der Waals surface area contributed by atoms with Crippen molar-refractivity contribution in [3.05, 3.63) is 29.8 Å². The molecule has 5 nitrogen and oxygen atoms in total. The van der Waals surface area contributed by atoms with E-state index in [-0.39, 0.29) is 17.2 Å². The highest BCUT2D eigenvalue weighted by Gasteiger charge is 2.59. The number of carboxylic acids is 1. The quantitative estimate of drug-likeness (QED) is 0.905. The number of aliphatic carboxylic acids is 1. The summed E-state index contributed by atoms with van der Waals surface area (Å²) in [5.41, 5.74) is 1.02. The molecule has 1 spiro atoms. The van der Waals surface area contributed by atoms with Crippen LogP contribution in [0.2, 0.25) is 0 Å². The largest absolute Gasteiger partial charge is 0.496 e. The van der Waals surface area contributed by atoms with Crippen LogP contribution in [0.15, 0.2) is 24.3 Å². The van der Waals surface area contributed by atoms with Gasteiger partial charge in [-0.2, -0.15) is 0 Å². The van der Waals surface area contributed by atoms with E-state index < -0.39 is 5.97 Å². The molecular weight excluding hydrogens is 294 g/mol. The first-order valence-corrected chi connectivity index (χ1v) is 8.18. The van der Waals surface area contributed by atoms with Crippen molar-refractivity contribution in [2.45, 2.75) is 32.1 Å². The minimum absolute atomic E-state index is 0.0226. The first-order valence-electron chi connectivity index (χ1n) is 8.18. The van der Waals surface area contributed by atoms with Crippen LogP contribution in [0.1, 0.15) is 31.2 Å². The van der Waals surface area contributed by atoms with Crippen LogP contribution >= 0.6 is 0 Å². The Morgan fingerprint density at radius 3 is 2.61 bits per heavy atom. The number of para-hydroxylation sites is 1. The summed E-state index contributed by atoms with van der Waals surface area (Å²) in [5.74, 6) is 0.104.